The largest absolute Gasteiger partial charge is 0.386 e. The first-order valence-electron chi connectivity index (χ1n) is 9.77. The summed E-state index contributed by atoms with van der Waals surface area (Å²) in [6, 6.07) is 7.41. The number of guanidine groups is 1. The first-order valence-corrected chi connectivity index (χ1v) is 10.1. The van der Waals surface area contributed by atoms with E-state index >= 15 is 0 Å². The molecule has 154 valence electrons. The van der Waals surface area contributed by atoms with Crippen molar-refractivity contribution < 1.29 is 5.11 Å². The van der Waals surface area contributed by atoms with Gasteiger partial charge in [0.25, 0.3) is 0 Å². The lowest BCUT2D eigenvalue weighted by atomic mass is 10.1. The quantitative estimate of drug-likeness (QED) is 0.320. The average molecular weight is 509 g/mol. The molecular weight excluding hydrogens is 475 g/mol. The van der Waals surface area contributed by atoms with Gasteiger partial charge in [0, 0.05) is 36.8 Å². The molecule has 1 fully saturated rings. The Morgan fingerprint density at radius 1 is 1.33 bits per heavy atom. The molecule has 5 nitrogen and oxygen atoms in total. The fourth-order valence-corrected chi connectivity index (χ4v) is 3.73. The van der Waals surface area contributed by atoms with Crippen LogP contribution in [0.15, 0.2) is 29.3 Å². The van der Waals surface area contributed by atoms with E-state index < -0.39 is 6.10 Å². The number of benzene rings is 1. The summed E-state index contributed by atoms with van der Waals surface area (Å²) in [5, 5.41) is 14.4. The average Bonchev–Trinajstić information content (AvgIpc) is 3.11. The molecule has 0 radical (unpaired) electrons. The first-order chi connectivity index (χ1) is 12.6. The molecule has 0 spiro atoms. The van der Waals surface area contributed by atoms with E-state index in [-0.39, 0.29) is 24.0 Å². The molecule has 1 aliphatic heterocycles. The summed E-state index contributed by atoms with van der Waals surface area (Å²) < 4.78 is 0. The van der Waals surface area contributed by atoms with Crippen LogP contribution in [0.3, 0.4) is 0 Å². The van der Waals surface area contributed by atoms with Gasteiger partial charge in [-0.3, -0.25) is 4.99 Å². The third-order valence-corrected chi connectivity index (χ3v) is 5.35. The Bertz CT molecular complexity index is 583. The summed E-state index contributed by atoms with van der Waals surface area (Å²) in [5.74, 6) is 1.56. The molecule has 2 N–H and O–H groups in total. The predicted octanol–water partition coefficient (Wildman–Crippen LogP) is 3.62. The summed E-state index contributed by atoms with van der Waals surface area (Å²) in [4.78, 5) is 9.48. The van der Waals surface area contributed by atoms with Gasteiger partial charge in [0.2, 0.25) is 0 Å². The summed E-state index contributed by atoms with van der Waals surface area (Å²) in [6.45, 7) is 13.0. The standard InChI is InChI=1S/C20H33ClN4O.HI/c1-4-22-20(23-13-19(26)17-9-7-8-10-18(17)21)25-12-11-16(15-25)14-24(5-2)6-3;/h7-10,16,19,26H,4-6,11-15H2,1-3H3,(H,22,23);1H. The van der Waals surface area contributed by atoms with Crippen molar-refractivity contribution in [2.45, 2.75) is 33.3 Å². The molecule has 1 saturated heterocycles. The Kier molecular flexibility index (Phi) is 11.6. The Labute approximate surface area is 186 Å². The van der Waals surface area contributed by atoms with E-state index in [1.807, 2.05) is 18.2 Å². The highest BCUT2D eigenvalue weighted by molar-refractivity contribution is 14.0. The van der Waals surface area contributed by atoms with Gasteiger partial charge in [-0.25, -0.2) is 0 Å². The number of likely N-dealkylation sites (tertiary alicyclic amines) is 1. The van der Waals surface area contributed by atoms with Crippen LogP contribution in [0.25, 0.3) is 0 Å². The molecule has 1 aromatic carbocycles. The number of hydrogen-bond acceptors (Lipinski definition) is 3. The molecule has 1 heterocycles. The van der Waals surface area contributed by atoms with Gasteiger partial charge in [0.1, 0.15) is 6.10 Å². The monoisotopic (exact) mass is 508 g/mol. The Morgan fingerprint density at radius 2 is 2.04 bits per heavy atom. The van der Waals surface area contributed by atoms with Crippen molar-refractivity contribution in [2.24, 2.45) is 10.9 Å². The minimum absolute atomic E-state index is 0. The number of aliphatic imine (C=N–C) groups is 1. The van der Waals surface area contributed by atoms with Crippen molar-refractivity contribution in [3.63, 3.8) is 0 Å². The molecule has 0 bridgehead atoms. The predicted molar refractivity (Wildman–Crippen MR) is 125 cm³/mol. The molecule has 27 heavy (non-hydrogen) atoms. The highest BCUT2D eigenvalue weighted by Gasteiger charge is 2.26. The molecular formula is C20H34ClIN4O. The van der Waals surface area contributed by atoms with Crippen molar-refractivity contribution in [1.82, 2.24) is 15.1 Å². The zero-order valence-corrected chi connectivity index (χ0v) is 19.8. The van der Waals surface area contributed by atoms with Crippen LogP contribution in [-0.2, 0) is 0 Å². The normalized spacial score (nSPS) is 18.5. The van der Waals surface area contributed by atoms with E-state index in [2.05, 4.69) is 40.9 Å². The van der Waals surface area contributed by atoms with E-state index in [1.54, 1.807) is 6.07 Å². The van der Waals surface area contributed by atoms with Gasteiger partial charge in [0.15, 0.2) is 5.96 Å². The highest BCUT2D eigenvalue weighted by atomic mass is 127. The van der Waals surface area contributed by atoms with Gasteiger partial charge in [-0.1, -0.05) is 43.6 Å². The third-order valence-electron chi connectivity index (χ3n) is 5.01. The van der Waals surface area contributed by atoms with E-state index in [9.17, 15) is 5.11 Å². The fraction of sp³-hybridized carbons (Fsp3) is 0.650. The van der Waals surface area contributed by atoms with Crippen molar-refractivity contribution in [3.05, 3.63) is 34.9 Å². The first kappa shape index (κ1) is 24.5. The topological polar surface area (TPSA) is 51.1 Å². The van der Waals surface area contributed by atoms with E-state index in [1.165, 1.54) is 6.42 Å². The molecule has 1 aliphatic rings. The second-order valence-corrected chi connectivity index (χ2v) is 7.23. The molecule has 2 atom stereocenters. The van der Waals surface area contributed by atoms with Crippen molar-refractivity contribution in [2.75, 3.05) is 45.8 Å². The zero-order chi connectivity index (χ0) is 18.9. The van der Waals surface area contributed by atoms with Crippen molar-refractivity contribution in [1.29, 1.82) is 0 Å². The molecule has 1 aromatic rings. The molecule has 0 aromatic heterocycles. The molecule has 0 saturated carbocycles. The van der Waals surface area contributed by atoms with E-state index in [0.29, 0.717) is 17.5 Å². The van der Waals surface area contributed by atoms with Crippen LogP contribution in [0.4, 0.5) is 0 Å². The van der Waals surface area contributed by atoms with Crippen LogP contribution in [0.5, 0.6) is 0 Å². The molecule has 7 heteroatoms. The van der Waals surface area contributed by atoms with Gasteiger partial charge in [0.05, 0.1) is 6.54 Å². The number of aliphatic hydroxyl groups excluding tert-OH is 1. The number of hydrogen-bond donors (Lipinski definition) is 2. The SMILES string of the molecule is CCNC(=NCC(O)c1ccccc1Cl)N1CCC(CN(CC)CC)C1.I. The maximum absolute atomic E-state index is 10.5. The smallest absolute Gasteiger partial charge is 0.194 e. The maximum Gasteiger partial charge on any atom is 0.194 e. The number of halogens is 2. The van der Waals surface area contributed by atoms with Crippen molar-refractivity contribution in [3.8, 4) is 0 Å². The molecule has 0 amide bonds. The van der Waals surface area contributed by atoms with Gasteiger partial charge < -0.3 is 20.2 Å². The number of nitrogens with zero attached hydrogens (tertiary/aromatic N) is 3. The van der Waals surface area contributed by atoms with Gasteiger partial charge in [-0.05, 0) is 38.4 Å². The zero-order valence-electron chi connectivity index (χ0n) is 16.7. The number of aliphatic hydroxyl groups is 1. The Hall–Kier alpha value is -0.570. The fourth-order valence-electron chi connectivity index (χ4n) is 3.46. The lowest BCUT2D eigenvalue weighted by molar-refractivity contribution is 0.186. The van der Waals surface area contributed by atoms with Gasteiger partial charge in [-0.2, -0.15) is 0 Å². The Morgan fingerprint density at radius 3 is 2.67 bits per heavy atom. The van der Waals surface area contributed by atoms with Gasteiger partial charge >= 0.3 is 0 Å². The van der Waals surface area contributed by atoms with Crippen LogP contribution in [0.2, 0.25) is 5.02 Å². The minimum Gasteiger partial charge on any atom is -0.386 e. The van der Waals surface area contributed by atoms with Crippen LogP contribution in [0.1, 0.15) is 38.9 Å². The Balaban J connectivity index is 0.00000364. The summed E-state index contributed by atoms with van der Waals surface area (Å²) in [7, 11) is 0. The molecule has 2 rings (SSSR count). The van der Waals surface area contributed by atoms with Crippen molar-refractivity contribution >= 4 is 41.5 Å². The summed E-state index contributed by atoms with van der Waals surface area (Å²) >= 11 is 6.18. The second-order valence-electron chi connectivity index (χ2n) is 6.82. The maximum atomic E-state index is 10.5. The summed E-state index contributed by atoms with van der Waals surface area (Å²) in [6.07, 6.45) is 0.500. The van der Waals surface area contributed by atoms with Crippen LogP contribution < -0.4 is 5.32 Å². The van der Waals surface area contributed by atoms with Crippen LogP contribution in [0, 0.1) is 5.92 Å². The highest BCUT2D eigenvalue weighted by Crippen LogP contribution is 2.23. The number of rotatable bonds is 8. The second kappa shape index (κ2) is 12.8. The molecule has 2 unspecified atom stereocenters. The van der Waals surface area contributed by atoms with Crippen LogP contribution in [-0.4, -0.2) is 66.7 Å². The molecule has 0 aliphatic carbocycles. The summed E-state index contributed by atoms with van der Waals surface area (Å²) in [5.41, 5.74) is 0.731. The third kappa shape index (κ3) is 7.40. The number of nitrogens with one attached hydrogen (secondary N) is 1. The van der Waals surface area contributed by atoms with E-state index in [4.69, 9.17) is 11.6 Å². The minimum atomic E-state index is -0.688. The van der Waals surface area contributed by atoms with Crippen LogP contribution >= 0.6 is 35.6 Å². The van der Waals surface area contributed by atoms with Gasteiger partial charge in [-0.15, -0.1) is 24.0 Å². The lowest BCUT2D eigenvalue weighted by Gasteiger charge is -2.24. The lowest BCUT2D eigenvalue weighted by Crippen LogP contribution is -2.41. The van der Waals surface area contributed by atoms with E-state index in [0.717, 1.165) is 50.8 Å².